The van der Waals surface area contributed by atoms with Crippen LogP contribution in [0.25, 0.3) is 0 Å². The standard InChI is InChI=1S/C7H13NO4/c8-6-3(9)2-11-4-1-5(10)12-7(4)6/h3-7,9-10H,1-2,8H2/t3-,4+,5?,6?,7?/m1/s1. The molecule has 5 nitrogen and oxygen atoms in total. The summed E-state index contributed by atoms with van der Waals surface area (Å²) in [6.07, 6.45) is -1.54. The van der Waals surface area contributed by atoms with Crippen molar-refractivity contribution in [3.05, 3.63) is 0 Å². The largest absolute Gasteiger partial charge is 0.389 e. The van der Waals surface area contributed by atoms with Gasteiger partial charge in [-0.2, -0.15) is 0 Å². The molecule has 2 aliphatic rings. The lowest BCUT2D eigenvalue weighted by Crippen LogP contribution is -2.55. The van der Waals surface area contributed by atoms with E-state index in [9.17, 15) is 5.11 Å². The second-order valence-corrected chi connectivity index (χ2v) is 3.31. The van der Waals surface area contributed by atoms with E-state index in [1.54, 1.807) is 0 Å². The molecule has 4 N–H and O–H groups in total. The fourth-order valence-corrected chi connectivity index (χ4v) is 1.71. The first-order valence-electron chi connectivity index (χ1n) is 4.07. The normalized spacial score (nSPS) is 53.8. The summed E-state index contributed by atoms with van der Waals surface area (Å²) < 4.78 is 10.3. The molecule has 0 amide bonds. The van der Waals surface area contributed by atoms with E-state index in [0.29, 0.717) is 6.42 Å². The van der Waals surface area contributed by atoms with Crippen molar-refractivity contribution in [1.82, 2.24) is 0 Å². The van der Waals surface area contributed by atoms with Gasteiger partial charge < -0.3 is 25.4 Å². The summed E-state index contributed by atoms with van der Waals surface area (Å²) in [5, 5.41) is 18.4. The van der Waals surface area contributed by atoms with Crippen molar-refractivity contribution in [2.24, 2.45) is 5.73 Å². The highest BCUT2D eigenvalue weighted by Crippen LogP contribution is 2.28. The van der Waals surface area contributed by atoms with Gasteiger partial charge in [-0.3, -0.25) is 0 Å². The highest BCUT2D eigenvalue weighted by molar-refractivity contribution is 4.94. The zero-order valence-corrected chi connectivity index (χ0v) is 6.59. The highest BCUT2D eigenvalue weighted by atomic mass is 16.6. The zero-order chi connectivity index (χ0) is 8.72. The summed E-state index contributed by atoms with van der Waals surface area (Å²) in [7, 11) is 0. The van der Waals surface area contributed by atoms with Crippen LogP contribution in [0.3, 0.4) is 0 Å². The molecular formula is C7H13NO4. The predicted octanol–water partition coefficient (Wildman–Crippen LogP) is -1.82. The van der Waals surface area contributed by atoms with Gasteiger partial charge in [0.15, 0.2) is 6.29 Å². The Kier molecular flexibility index (Phi) is 2.05. The topological polar surface area (TPSA) is 84.9 Å². The van der Waals surface area contributed by atoms with Gasteiger partial charge in [0.1, 0.15) is 6.10 Å². The fraction of sp³-hybridized carbons (Fsp3) is 1.00. The molecule has 12 heavy (non-hydrogen) atoms. The summed E-state index contributed by atoms with van der Waals surface area (Å²) in [5.41, 5.74) is 5.66. The lowest BCUT2D eigenvalue weighted by Gasteiger charge is -2.33. The minimum absolute atomic E-state index is 0.154. The van der Waals surface area contributed by atoms with Crippen LogP contribution < -0.4 is 5.73 Å². The molecular weight excluding hydrogens is 162 g/mol. The number of aliphatic hydroxyl groups is 2. The molecule has 5 heteroatoms. The summed E-state index contributed by atoms with van der Waals surface area (Å²) in [5.74, 6) is 0. The van der Waals surface area contributed by atoms with Crippen molar-refractivity contribution in [1.29, 1.82) is 0 Å². The maximum absolute atomic E-state index is 9.30. The first-order valence-corrected chi connectivity index (χ1v) is 4.07. The second kappa shape index (κ2) is 2.93. The third kappa shape index (κ3) is 1.23. The van der Waals surface area contributed by atoms with Gasteiger partial charge in [-0.05, 0) is 0 Å². The molecule has 0 aromatic rings. The van der Waals surface area contributed by atoms with E-state index in [1.165, 1.54) is 0 Å². The van der Waals surface area contributed by atoms with Crippen LogP contribution in [0.15, 0.2) is 0 Å². The van der Waals surface area contributed by atoms with Crippen LogP contribution >= 0.6 is 0 Å². The van der Waals surface area contributed by atoms with E-state index in [-0.39, 0.29) is 18.8 Å². The summed E-state index contributed by atoms with van der Waals surface area (Å²) in [6.45, 7) is 0.235. The first kappa shape index (κ1) is 8.40. The monoisotopic (exact) mass is 175 g/mol. The molecule has 0 spiro atoms. The Balaban J connectivity index is 2.06. The molecule has 0 aromatic carbocycles. The number of ether oxygens (including phenoxy) is 2. The van der Waals surface area contributed by atoms with Crippen LogP contribution in [0.4, 0.5) is 0 Å². The van der Waals surface area contributed by atoms with Gasteiger partial charge in [0, 0.05) is 6.42 Å². The van der Waals surface area contributed by atoms with Crippen molar-refractivity contribution in [2.75, 3.05) is 6.61 Å². The third-order valence-electron chi connectivity index (χ3n) is 2.42. The Labute approximate surface area is 70.1 Å². The van der Waals surface area contributed by atoms with E-state index in [4.69, 9.17) is 20.3 Å². The van der Waals surface area contributed by atoms with E-state index < -0.39 is 18.4 Å². The Morgan fingerprint density at radius 3 is 2.83 bits per heavy atom. The molecule has 0 aromatic heterocycles. The number of fused-ring (bicyclic) bond motifs is 1. The molecule has 0 saturated carbocycles. The maximum Gasteiger partial charge on any atom is 0.157 e. The Bertz CT molecular complexity index is 175. The molecule has 2 aliphatic heterocycles. The second-order valence-electron chi connectivity index (χ2n) is 3.31. The smallest absolute Gasteiger partial charge is 0.157 e. The molecule has 3 unspecified atom stereocenters. The van der Waals surface area contributed by atoms with Gasteiger partial charge in [-0.25, -0.2) is 0 Å². The van der Waals surface area contributed by atoms with Crippen molar-refractivity contribution < 1.29 is 19.7 Å². The Hall–Kier alpha value is -0.200. The van der Waals surface area contributed by atoms with E-state index in [1.807, 2.05) is 0 Å². The average molecular weight is 175 g/mol. The van der Waals surface area contributed by atoms with Gasteiger partial charge in [-0.15, -0.1) is 0 Å². The fourth-order valence-electron chi connectivity index (χ4n) is 1.71. The van der Waals surface area contributed by atoms with Crippen molar-refractivity contribution in [3.63, 3.8) is 0 Å². The molecule has 2 heterocycles. The molecule has 5 atom stereocenters. The minimum Gasteiger partial charge on any atom is -0.389 e. The predicted molar refractivity (Wildman–Crippen MR) is 39.2 cm³/mol. The van der Waals surface area contributed by atoms with Gasteiger partial charge in [0.2, 0.25) is 0 Å². The molecule has 2 fully saturated rings. The van der Waals surface area contributed by atoms with Crippen LogP contribution in [-0.2, 0) is 9.47 Å². The zero-order valence-electron chi connectivity index (χ0n) is 6.59. The lowest BCUT2D eigenvalue weighted by atomic mass is 9.98. The van der Waals surface area contributed by atoms with Crippen LogP contribution in [-0.4, -0.2) is 47.5 Å². The number of hydrogen-bond acceptors (Lipinski definition) is 5. The summed E-state index contributed by atoms with van der Waals surface area (Å²) in [6, 6.07) is -0.444. The third-order valence-corrected chi connectivity index (χ3v) is 2.42. The van der Waals surface area contributed by atoms with E-state index >= 15 is 0 Å². The van der Waals surface area contributed by atoms with Gasteiger partial charge in [0.05, 0.1) is 24.9 Å². The van der Waals surface area contributed by atoms with Crippen molar-refractivity contribution >= 4 is 0 Å². The molecule has 0 aliphatic carbocycles. The number of hydrogen-bond donors (Lipinski definition) is 3. The molecule has 2 rings (SSSR count). The SMILES string of the molecule is NC1C2OC(O)C[C@@H]2OC[C@H]1O. The maximum atomic E-state index is 9.30. The van der Waals surface area contributed by atoms with E-state index in [0.717, 1.165) is 0 Å². The number of nitrogens with two attached hydrogens (primary N) is 1. The van der Waals surface area contributed by atoms with Gasteiger partial charge in [0.25, 0.3) is 0 Å². The summed E-state index contributed by atoms with van der Waals surface area (Å²) in [4.78, 5) is 0. The molecule has 2 saturated heterocycles. The molecule has 70 valence electrons. The van der Waals surface area contributed by atoms with Gasteiger partial charge >= 0.3 is 0 Å². The average Bonchev–Trinajstić information content (AvgIpc) is 2.39. The van der Waals surface area contributed by atoms with Crippen LogP contribution in [0.5, 0.6) is 0 Å². The van der Waals surface area contributed by atoms with E-state index in [2.05, 4.69) is 0 Å². The highest BCUT2D eigenvalue weighted by Gasteiger charge is 2.44. The number of rotatable bonds is 0. The molecule has 0 bridgehead atoms. The summed E-state index contributed by atoms with van der Waals surface area (Å²) >= 11 is 0. The van der Waals surface area contributed by atoms with Crippen molar-refractivity contribution in [2.45, 2.75) is 37.1 Å². The van der Waals surface area contributed by atoms with Crippen LogP contribution in [0.1, 0.15) is 6.42 Å². The Morgan fingerprint density at radius 2 is 2.08 bits per heavy atom. The lowest BCUT2D eigenvalue weighted by molar-refractivity contribution is -0.146. The minimum atomic E-state index is -0.795. The van der Waals surface area contributed by atoms with Crippen molar-refractivity contribution in [3.8, 4) is 0 Å². The Morgan fingerprint density at radius 1 is 1.33 bits per heavy atom. The quantitative estimate of drug-likeness (QED) is 0.403. The van der Waals surface area contributed by atoms with Crippen LogP contribution in [0.2, 0.25) is 0 Å². The van der Waals surface area contributed by atoms with Crippen LogP contribution in [0, 0.1) is 0 Å². The van der Waals surface area contributed by atoms with Gasteiger partial charge in [-0.1, -0.05) is 0 Å². The number of aliphatic hydroxyl groups excluding tert-OH is 2. The first-order chi connectivity index (χ1) is 5.68. The molecule has 0 radical (unpaired) electrons.